The van der Waals surface area contributed by atoms with Gasteiger partial charge in [-0.3, -0.25) is 0 Å². The lowest BCUT2D eigenvalue weighted by Gasteiger charge is -2.12. The molecular weight excluding hydrogens is 206 g/mol. The number of aliphatic hydroxyl groups is 1. The number of hydrogen-bond donors (Lipinski definition) is 1. The van der Waals surface area contributed by atoms with Gasteiger partial charge in [0, 0.05) is 6.07 Å². The molecule has 0 aliphatic carbocycles. The number of rotatable bonds is 4. The maximum Gasteiger partial charge on any atom is 0.268 e. The van der Waals surface area contributed by atoms with Crippen molar-refractivity contribution >= 4 is 0 Å². The van der Waals surface area contributed by atoms with Gasteiger partial charge in [-0.2, -0.15) is 0 Å². The summed E-state index contributed by atoms with van der Waals surface area (Å²) in [6.45, 7) is 0. The van der Waals surface area contributed by atoms with Crippen LogP contribution in [0.5, 0.6) is 11.5 Å². The molecule has 0 fully saturated rings. The normalized spacial score (nSPS) is 12.7. The average Bonchev–Trinajstić information content (AvgIpc) is 2.27. The van der Waals surface area contributed by atoms with E-state index in [1.165, 1.54) is 26.4 Å². The average molecular weight is 218 g/mol. The van der Waals surface area contributed by atoms with E-state index >= 15 is 0 Å². The number of aliphatic hydroxyl groups excluding tert-OH is 1. The lowest BCUT2D eigenvalue weighted by molar-refractivity contribution is -0.00595. The van der Waals surface area contributed by atoms with Crippen molar-refractivity contribution in [2.24, 2.45) is 0 Å². The second-order valence-electron chi connectivity index (χ2n) is 2.93. The van der Waals surface area contributed by atoms with Crippen molar-refractivity contribution in [1.82, 2.24) is 0 Å². The van der Waals surface area contributed by atoms with Gasteiger partial charge in [0.1, 0.15) is 17.6 Å². The Labute approximate surface area is 86.2 Å². The molecule has 0 aromatic heterocycles. The molecule has 1 N–H and O–H groups in total. The summed E-state index contributed by atoms with van der Waals surface area (Å²) in [4.78, 5) is 0. The molecule has 1 unspecified atom stereocenters. The second kappa shape index (κ2) is 4.93. The topological polar surface area (TPSA) is 38.7 Å². The Bertz CT molecular complexity index is 306. The number of hydrogen-bond acceptors (Lipinski definition) is 3. The summed E-state index contributed by atoms with van der Waals surface area (Å²) in [5.74, 6) is 0.730. The van der Waals surface area contributed by atoms with Gasteiger partial charge in [-0.25, -0.2) is 8.78 Å². The highest BCUT2D eigenvalue weighted by Gasteiger charge is 2.20. The van der Waals surface area contributed by atoms with Gasteiger partial charge >= 0.3 is 0 Å². The molecule has 5 heteroatoms. The van der Waals surface area contributed by atoms with Gasteiger partial charge in [0.15, 0.2) is 0 Å². The minimum Gasteiger partial charge on any atom is -0.497 e. The van der Waals surface area contributed by atoms with Crippen LogP contribution < -0.4 is 9.47 Å². The summed E-state index contributed by atoms with van der Waals surface area (Å²) in [7, 11) is 2.82. The van der Waals surface area contributed by atoms with E-state index in [0.29, 0.717) is 11.5 Å². The zero-order chi connectivity index (χ0) is 11.4. The maximum absolute atomic E-state index is 12.3. The molecule has 84 valence electrons. The van der Waals surface area contributed by atoms with Crippen LogP contribution in [0.15, 0.2) is 18.2 Å². The van der Waals surface area contributed by atoms with Crippen molar-refractivity contribution in [3.63, 3.8) is 0 Å². The molecule has 0 radical (unpaired) electrons. The quantitative estimate of drug-likeness (QED) is 0.840. The van der Waals surface area contributed by atoms with E-state index in [1.54, 1.807) is 6.07 Å². The number of benzene rings is 1. The standard InChI is InChI=1S/C10H12F2O3/c1-14-7-3-6(9(13)10(11)12)4-8(5-7)15-2/h3-5,9-10,13H,1-2H3. The van der Waals surface area contributed by atoms with E-state index in [9.17, 15) is 13.9 Å². The van der Waals surface area contributed by atoms with Crippen LogP contribution in [0.3, 0.4) is 0 Å². The first-order chi connectivity index (χ1) is 7.08. The van der Waals surface area contributed by atoms with Gasteiger partial charge in [0.2, 0.25) is 0 Å². The molecule has 0 bridgehead atoms. The smallest absolute Gasteiger partial charge is 0.268 e. The van der Waals surface area contributed by atoms with Crippen molar-refractivity contribution < 1.29 is 23.4 Å². The third kappa shape index (κ3) is 2.79. The first kappa shape index (κ1) is 11.7. The Balaban J connectivity index is 3.06. The van der Waals surface area contributed by atoms with Crippen molar-refractivity contribution in [3.8, 4) is 11.5 Å². The van der Waals surface area contributed by atoms with Crippen molar-refractivity contribution in [2.45, 2.75) is 12.5 Å². The van der Waals surface area contributed by atoms with Crippen molar-refractivity contribution in [1.29, 1.82) is 0 Å². The predicted molar refractivity (Wildman–Crippen MR) is 50.5 cm³/mol. The van der Waals surface area contributed by atoms with Crippen LogP contribution in [0.25, 0.3) is 0 Å². The third-order valence-electron chi connectivity index (χ3n) is 1.95. The molecule has 1 atom stereocenters. The van der Waals surface area contributed by atoms with E-state index in [2.05, 4.69) is 0 Å². The van der Waals surface area contributed by atoms with Crippen LogP contribution >= 0.6 is 0 Å². The molecule has 0 aliphatic rings. The van der Waals surface area contributed by atoms with E-state index in [0.717, 1.165) is 0 Å². The summed E-state index contributed by atoms with van der Waals surface area (Å²) in [5, 5.41) is 9.18. The highest BCUT2D eigenvalue weighted by atomic mass is 19.3. The van der Waals surface area contributed by atoms with Crippen LogP contribution in [0.2, 0.25) is 0 Å². The molecule has 1 aromatic rings. The largest absolute Gasteiger partial charge is 0.497 e. The van der Waals surface area contributed by atoms with Crippen LogP contribution in [-0.2, 0) is 0 Å². The molecule has 0 amide bonds. The van der Waals surface area contributed by atoms with Gasteiger partial charge in [-0.1, -0.05) is 0 Å². The van der Waals surface area contributed by atoms with E-state index in [4.69, 9.17) is 9.47 Å². The molecular formula is C10H12F2O3. The van der Waals surface area contributed by atoms with E-state index < -0.39 is 12.5 Å². The molecule has 0 saturated carbocycles. The highest BCUT2D eigenvalue weighted by Crippen LogP contribution is 2.29. The van der Waals surface area contributed by atoms with Gasteiger partial charge < -0.3 is 14.6 Å². The summed E-state index contributed by atoms with van der Waals surface area (Å²) in [6, 6.07) is 4.24. The monoisotopic (exact) mass is 218 g/mol. The molecule has 1 rings (SSSR count). The van der Waals surface area contributed by atoms with Gasteiger partial charge in [0.05, 0.1) is 14.2 Å². The maximum atomic E-state index is 12.3. The molecule has 0 heterocycles. The summed E-state index contributed by atoms with van der Waals surface area (Å²) in [6.07, 6.45) is -4.66. The Morgan fingerprint density at radius 2 is 1.53 bits per heavy atom. The van der Waals surface area contributed by atoms with E-state index in [-0.39, 0.29) is 5.56 Å². The lowest BCUT2D eigenvalue weighted by atomic mass is 10.1. The van der Waals surface area contributed by atoms with Gasteiger partial charge in [-0.05, 0) is 17.7 Å². The van der Waals surface area contributed by atoms with Crippen LogP contribution in [0.4, 0.5) is 8.78 Å². The van der Waals surface area contributed by atoms with Crippen molar-refractivity contribution in [2.75, 3.05) is 14.2 Å². The minimum absolute atomic E-state index is 0.0706. The number of halogens is 2. The first-order valence-corrected chi connectivity index (χ1v) is 4.27. The fraction of sp³-hybridized carbons (Fsp3) is 0.400. The van der Waals surface area contributed by atoms with Crippen molar-refractivity contribution in [3.05, 3.63) is 23.8 Å². The SMILES string of the molecule is COc1cc(OC)cc(C(O)C(F)F)c1. The van der Waals surface area contributed by atoms with E-state index in [1.807, 2.05) is 0 Å². The zero-order valence-electron chi connectivity index (χ0n) is 8.41. The molecule has 0 saturated heterocycles. The van der Waals surface area contributed by atoms with Crippen LogP contribution in [-0.4, -0.2) is 25.8 Å². The number of ether oxygens (including phenoxy) is 2. The van der Waals surface area contributed by atoms with Crippen LogP contribution in [0, 0.1) is 0 Å². The third-order valence-corrected chi connectivity index (χ3v) is 1.95. The predicted octanol–water partition coefficient (Wildman–Crippen LogP) is 2.00. The van der Waals surface area contributed by atoms with Crippen LogP contribution in [0.1, 0.15) is 11.7 Å². The molecule has 0 spiro atoms. The summed E-state index contributed by atoms with van der Waals surface area (Å²) < 4.78 is 34.3. The second-order valence-corrected chi connectivity index (χ2v) is 2.93. The molecule has 1 aromatic carbocycles. The summed E-state index contributed by atoms with van der Waals surface area (Å²) in [5.41, 5.74) is 0.0706. The Kier molecular flexibility index (Phi) is 3.85. The van der Waals surface area contributed by atoms with Gasteiger partial charge in [-0.15, -0.1) is 0 Å². The van der Waals surface area contributed by atoms with Gasteiger partial charge in [0.25, 0.3) is 6.43 Å². The zero-order valence-corrected chi connectivity index (χ0v) is 8.41. The Morgan fingerprint density at radius 1 is 1.07 bits per heavy atom. The fourth-order valence-electron chi connectivity index (χ4n) is 1.15. The number of methoxy groups -OCH3 is 2. The first-order valence-electron chi connectivity index (χ1n) is 4.27. The summed E-state index contributed by atoms with van der Waals surface area (Å²) >= 11 is 0. The minimum atomic E-state index is -2.83. The lowest BCUT2D eigenvalue weighted by Crippen LogP contribution is -2.08. The molecule has 3 nitrogen and oxygen atoms in total. The number of alkyl halides is 2. The fourth-order valence-corrected chi connectivity index (χ4v) is 1.15. The highest BCUT2D eigenvalue weighted by molar-refractivity contribution is 5.39. The Morgan fingerprint density at radius 3 is 1.87 bits per heavy atom. The Hall–Kier alpha value is -1.36. The molecule has 15 heavy (non-hydrogen) atoms. The molecule has 0 aliphatic heterocycles.